The Labute approximate surface area is 88.9 Å². The van der Waals surface area contributed by atoms with Crippen molar-refractivity contribution in [2.24, 2.45) is 5.92 Å². The third kappa shape index (κ3) is 1.79. The molecule has 1 N–H and O–H groups in total. The summed E-state index contributed by atoms with van der Waals surface area (Å²) < 4.78 is 11.1. The molecule has 1 unspecified atom stereocenters. The molecule has 0 aromatic rings. The Morgan fingerprint density at radius 3 is 2.60 bits per heavy atom. The van der Waals surface area contributed by atoms with Gasteiger partial charge in [-0.15, -0.1) is 0 Å². The van der Waals surface area contributed by atoms with E-state index in [4.69, 9.17) is 9.47 Å². The van der Waals surface area contributed by atoms with Gasteiger partial charge in [0.15, 0.2) is 11.6 Å². The molecule has 0 saturated carbocycles. The van der Waals surface area contributed by atoms with E-state index in [0.29, 0.717) is 31.6 Å². The first-order chi connectivity index (χ1) is 7.04. The number of hydrogen-bond acceptors (Lipinski definition) is 4. The monoisotopic (exact) mass is 212 g/mol. The van der Waals surface area contributed by atoms with Gasteiger partial charge in [-0.3, -0.25) is 4.79 Å². The standard InChI is InChI=1S/C11H16O4/c1-7-5-11(14-3-4-15-11)6-9(8(2)12)10(7)13/h7,13H,3-6H2,1-2H3. The maximum absolute atomic E-state index is 11.4. The number of aliphatic hydroxyl groups excluding tert-OH is 1. The van der Waals surface area contributed by atoms with E-state index in [0.717, 1.165) is 0 Å². The first-order valence-corrected chi connectivity index (χ1v) is 5.25. The summed E-state index contributed by atoms with van der Waals surface area (Å²) >= 11 is 0. The molecule has 1 fully saturated rings. The summed E-state index contributed by atoms with van der Waals surface area (Å²) in [5.41, 5.74) is 0.454. The van der Waals surface area contributed by atoms with Crippen molar-refractivity contribution >= 4 is 5.78 Å². The van der Waals surface area contributed by atoms with E-state index in [1.807, 2.05) is 6.92 Å². The van der Waals surface area contributed by atoms with Gasteiger partial charge in [0.05, 0.1) is 13.2 Å². The van der Waals surface area contributed by atoms with Crippen molar-refractivity contribution in [3.05, 3.63) is 11.3 Å². The molecule has 1 saturated heterocycles. The minimum absolute atomic E-state index is 0.0734. The molecule has 4 heteroatoms. The molecule has 1 aliphatic heterocycles. The fourth-order valence-corrected chi connectivity index (χ4v) is 2.31. The maximum atomic E-state index is 11.4. The number of allylic oxidation sites excluding steroid dienone is 1. The van der Waals surface area contributed by atoms with E-state index >= 15 is 0 Å². The van der Waals surface area contributed by atoms with Gasteiger partial charge >= 0.3 is 0 Å². The predicted molar refractivity (Wildman–Crippen MR) is 53.4 cm³/mol. The number of aliphatic hydroxyl groups is 1. The van der Waals surface area contributed by atoms with Crippen LogP contribution < -0.4 is 0 Å². The van der Waals surface area contributed by atoms with E-state index in [1.165, 1.54) is 6.92 Å². The minimum atomic E-state index is -0.660. The highest BCUT2D eigenvalue weighted by atomic mass is 16.7. The molecular weight excluding hydrogens is 196 g/mol. The van der Waals surface area contributed by atoms with E-state index in [1.54, 1.807) is 0 Å². The molecule has 0 radical (unpaired) electrons. The first-order valence-electron chi connectivity index (χ1n) is 5.25. The van der Waals surface area contributed by atoms with Crippen molar-refractivity contribution < 1.29 is 19.4 Å². The molecule has 1 aliphatic carbocycles. The topological polar surface area (TPSA) is 55.8 Å². The molecule has 1 spiro atoms. The van der Waals surface area contributed by atoms with Gasteiger partial charge in [-0.1, -0.05) is 6.92 Å². The van der Waals surface area contributed by atoms with Crippen LogP contribution in [0.2, 0.25) is 0 Å². The summed E-state index contributed by atoms with van der Waals surface area (Å²) in [5.74, 6) is -0.632. The number of rotatable bonds is 1. The normalized spacial score (nSPS) is 29.9. The summed E-state index contributed by atoms with van der Waals surface area (Å²) in [6, 6.07) is 0. The molecule has 2 aliphatic rings. The molecule has 84 valence electrons. The number of ketones is 1. The Balaban J connectivity index is 2.29. The zero-order chi connectivity index (χ0) is 11.1. The quantitative estimate of drug-likeness (QED) is 0.716. The molecule has 1 atom stereocenters. The Bertz CT molecular complexity index is 313. The Morgan fingerprint density at radius 2 is 2.07 bits per heavy atom. The van der Waals surface area contributed by atoms with E-state index in [2.05, 4.69) is 0 Å². The molecular formula is C11H16O4. The average molecular weight is 212 g/mol. The highest BCUT2D eigenvalue weighted by Crippen LogP contribution is 2.41. The van der Waals surface area contributed by atoms with Gasteiger partial charge in [0.25, 0.3) is 0 Å². The van der Waals surface area contributed by atoms with Gasteiger partial charge in [0, 0.05) is 24.3 Å². The van der Waals surface area contributed by atoms with Crippen LogP contribution in [0.3, 0.4) is 0 Å². The predicted octanol–water partition coefficient (Wildman–Crippen LogP) is 1.56. The summed E-state index contributed by atoms with van der Waals surface area (Å²) in [4.78, 5) is 11.4. The number of Topliss-reactive ketones (excluding diaryl/α,β-unsaturated/α-hetero) is 1. The number of hydrogen-bond donors (Lipinski definition) is 1. The SMILES string of the molecule is CC(=O)C1=C(O)C(C)CC2(C1)OCCO2. The third-order valence-corrected chi connectivity index (χ3v) is 3.08. The van der Waals surface area contributed by atoms with Gasteiger partial charge in [-0.25, -0.2) is 0 Å². The van der Waals surface area contributed by atoms with Crippen LogP contribution in [0.1, 0.15) is 26.7 Å². The van der Waals surface area contributed by atoms with E-state index < -0.39 is 5.79 Å². The number of ether oxygens (including phenoxy) is 2. The van der Waals surface area contributed by atoms with Crippen molar-refractivity contribution in [1.29, 1.82) is 0 Å². The molecule has 0 aromatic heterocycles. The summed E-state index contributed by atoms with van der Waals surface area (Å²) in [5, 5.41) is 9.80. The van der Waals surface area contributed by atoms with Crippen molar-refractivity contribution in [2.75, 3.05) is 13.2 Å². The fourth-order valence-electron chi connectivity index (χ4n) is 2.31. The van der Waals surface area contributed by atoms with Crippen molar-refractivity contribution in [3.63, 3.8) is 0 Å². The average Bonchev–Trinajstić information content (AvgIpc) is 2.60. The lowest BCUT2D eigenvalue weighted by Crippen LogP contribution is -2.38. The van der Waals surface area contributed by atoms with Crippen LogP contribution in [0.4, 0.5) is 0 Å². The zero-order valence-corrected chi connectivity index (χ0v) is 9.08. The summed E-state index contributed by atoms with van der Waals surface area (Å²) in [6.07, 6.45) is 0.994. The van der Waals surface area contributed by atoms with Crippen molar-refractivity contribution in [3.8, 4) is 0 Å². The van der Waals surface area contributed by atoms with Crippen LogP contribution >= 0.6 is 0 Å². The summed E-state index contributed by atoms with van der Waals surface area (Å²) in [7, 11) is 0. The first kappa shape index (κ1) is 10.6. The molecule has 4 nitrogen and oxygen atoms in total. The maximum Gasteiger partial charge on any atom is 0.173 e. The number of carbonyl (C=O) groups excluding carboxylic acids is 1. The van der Waals surface area contributed by atoms with Crippen LogP contribution in [-0.4, -0.2) is 29.9 Å². The molecule has 0 bridgehead atoms. The highest BCUT2D eigenvalue weighted by Gasteiger charge is 2.44. The van der Waals surface area contributed by atoms with Crippen molar-refractivity contribution in [2.45, 2.75) is 32.5 Å². The van der Waals surface area contributed by atoms with Crippen LogP contribution in [0.5, 0.6) is 0 Å². The number of carbonyl (C=O) groups is 1. The van der Waals surface area contributed by atoms with Gasteiger partial charge in [0.2, 0.25) is 0 Å². The van der Waals surface area contributed by atoms with Gasteiger partial charge in [-0.05, 0) is 6.92 Å². The van der Waals surface area contributed by atoms with Crippen LogP contribution in [0.15, 0.2) is 11.3 Å². The fraction of sp³-hybridized carbons (Fsp3) is 0.727. The van der Waals surface area contributed by atoms with E-state index in [-0.39, 0.29) is 17.5 Å². The Hall–Kier alpha value is -0.870. The second-order valence-electron chi connectivity index (χ2n) is 4.31. The molecule has 15 heavy (non-hydrogen) atoms. The smallest absolute Gasteiger partial charge is 0.173 e. The third-order valence-electron chi connectivity index (χ3n) is 3.08. The zero-order valence-electron chi connectivity index (χ0n) is 9.08. The van der Waals surface area contributed by atoms with Crippen LogP contribution in [-0.2, 0) is 14.3 Å². The van der Waals surface area contributed by atoms with Gasteiger partial charge in [-0.2, -0.15) is 0 Å². The van der Waals surface area contributed by atoms with Gasteiger partial charge in [0.1, 0.15) is 5.76 Å². The van der Waals surface area contributed by atoms with Gasteiger partial charge < -0.3 is 14.6 Å². The summed E-state index contributed by atoms with van der Waals surface area (Å²) in [6.45, 7) is 4.48. The van der Waals surface area contributed by atoms with Crippen LogP contribution in [0, 0.1) is 5.92 Å². The Kier molecular flexibility index (Phi) is 2.56. The minimum Gasteiger partial charge on any atom is -0.512 e. The second-order valence-corrected chi connectivity index (χ2v) is 4.31. The molecule has 2 rings (SSSR count). The Morgan fingerprint density at radius 1 is 1.47 bits per heavy atom. The van der Waals surface area contributed by atoms with Crippen molar-refractivity contribution in [1.82, 2.24) is 0 Å². The molecule has 1 heterocycles. The lowest BCUT2D eigenvalue weighted by atomic mass is 9.83. The lowest BCUT2D eigenvalue weighted by Gasteiger charge is -2.35. The lowest BCUT2D eigenvalue weighted by molar-refractivity contribution is -0.174. The highest BCUT2D eigenvalue weighted by molar-refractivity contribution is 5.94. The largest absolute Gasteiger partial charge is 0.512 e. The molecule has 0 aromatic carbocycles. The van der Waals surface area contributed by atoms with Crippen LogP contribution in [0.25, 0.3) is 0 Å². The van der Waals surface area contributed by atoms with E-state index in [9.17, 15) is 9.90 Å². The molecule has 0 amide bonds. The second kappa shape index (κ2) is 3.61.